The maximum Gasteiger partial charge on any atom is 0.353 e. The van der Waals surface area contributed by atoms with Gasteiger partial charge in [0, 0.05) is 23.6 Å². The van der Waals surface area contributed by atoms with Gasteiger partial charge in [-0.1, -0.05) is 30.3 Å². The van der Waals surface area contributed by atoms with Gasteiger partial charge >= 0.3 is 5.97 Å². The molecule has 2 aliphatic heterocycles. The van der Waals surface area contributed by atoms with Crippen LogP contribution >= 0.6 is 11.8 Å². The maximum absolute atomic E-state index is 12.6. The molecule has 1 amide bonds. The zero-order valence-corrected chi connectivity index (χ0v) is 14.8. The maximum atomic E-state index is 12.6. The number of carboxylic acid groups (broad SMARTS) is 1. The number of aliphatic hydroxyl groups is 1. The molecule has 0 bridgehead atoms. The molecule has 0 aliphatic carbocycles. The molecule has 2 heterocycles. The van der Waals surface area contributed by atoms with Gasteiger partial charge in [0.15, 0.2) is 0 Å². The molecule has 6 nitrogen and oxygen atoms in total. The second-order valence-corrected chi connectivity index (χ2v) is 7.85. The molecule has 3 rings (SSSR count). The minimum Gasteiger partial charge on any atom is -0.477 e. The van der Waals surface area contributed by atoms with Crippen LogP contribution in [0.1, 0.15) is 18.9 Å². The lowest BCUT2D eigenvalue weighted by molar-refractivity contribution is -0.174. The summed E-state index contributed by atoms with van der Waals surface area (Å²) >= 11 is 1.38. The van der Waals surface area contributed by atoms with Crippen molar-refractivity contribution >= 4 is 23.6 Å². The lowest BCUT2D eigenvalue weighted by Crippen LogP contribution is -2.70. The van der Waals surface area contributed by atoms with Crippen LogP contribution in [0.4, 0.5) is 0 Å². The summed E-state index contributed by atoms with van der Waals surface area (Å²) < 4.78 is 0. The number of hydrogen-bond donors (Lipinski definition) is 3. The Morgan fingerprint density at radius 2 is 2.12 bits per heavy atom. The molecule has 3 atom stereocenters. The highest BCUT2D eigenvalue weighted by atomic mass is 32.2. The second kappa shape index (κ2) is 6.82. The van der Waals surface area contributed by atoms with E-state index in [2.05, 4.69) is 0 Å². The van der Waals surface area contributed by atoms with Crippen molar-refractivity contribution in [1.29, 1.82) is 0 Å². The van der Waals surface area contributed by atoms with Crippen molar-refractivity contribution in [3.8, 4) is 0 Å². The SMILES string of the molecule is CC12CC(SCCN)=C(C(=O)O)N1C(=O)C2C(O)Cc1ccccc1. The van der Waals surface area contributed by atoms with E-state index in [1.165, 1.54) is 16.7 Å². The topological polar surface area (TPSA) is 104 Å². The number of nitrogens with zero attached hydrogens (tertiary/aromatic N) is 1. The Hall–Kier alpha value is -1.83. The van der Waals surface area contributed by atoms with E-state index in [1.807, 2.05) is 37.3 Å². The fourth-order valence-corrected chi connectivity index (χ4v) is 4.96. The van der Waals surface area contributed by atoms with Crippen LogP contribution in [-0.4, -0.2) is 50.9 Å². The van der Waals surface area contributed by atoms with E-state index in [0.29, 0.717) is 30.0 Å². The van der Waals surface area contributed by atoms with E-state index in [9.17, 15) is 19.8 Å². The Kier molecular flexibility index (Phi) is 4.90. The highest BCUT2D eigenvalue weighted by Gasteiger charge is 2.65. The summed E-state index contributed by atoms with van der Waals surface area (Å²) in [6.45, 7) is 2.29. The van der Waals surface area contributed by atoms with Gasteiger partial charge in [-0.3, -0.25) is 9.69 Å². The van der Waals surface area contributed by atoms with Crippen LogP contribution in [0.2, 0.25) is 0 Å². The van der Waals surface area contributed by atoms with Crippen LogP contribution in [0, 0.1) is 5.92 Å². The first-order valence-corrected chi connectivity index (χ1v) is 9.24. The number of fused-ring (bicyclic) bond motifs is 1. The van der Waals surface area contributed by atoms with Crippen LogP contribution < -0.4 is 5.73 Å². The summed E-state index contributed by atoms with van der Waals surface area (Å²) in [5.74, 6) is -1.42. The Morgan fingerprint density at radius 1 is 1.44 bits per heavy atom. The molecule has 4 N–H and O–H groups in total. The fourth-order valence-electron chi connectivity index (χ4n) is 3.89. The average molecular weight is 362 g/mol. The van der Waals surface area contributed by atoms with Gasteiger partial charge in [-0.15, -0.1) is 11.8 Å². The van der Waals surface area contributed by atoms with Crippen molar-refractivity contribution < 1.29 is 19.8 Å². The third kappa shape index (κ3) is 2.96. The number of carbonyl (C=O) groups is 2. The van der Waals surface area contributed by atoms with E-state index >= 15 is 0 Å². The molecule has 0 aromatic heterocycles. The molecule has 1 fully saturated rings. The molecule has 0 spiro atoms. The molecule has 3 unspecified atom stereocenters. The lowest BCUT2D eigenvalue weighted by Gasteiger charge is -2.53. The second-order valence-electron chi connectivity index (χ2n) is 6.66. The van der Waals surface area contributed by atoms with Gasteiger partial charge in [-0.2, -0.15) is 0 Å². The number of thioether (sulfide) groups is 1. The van der Waals surface area contributed by atoms with Gasteiger partial charge in [-0.05, 0) is 18.9 Å². The monoisotopic (exact) mass is 362 g/mol. The van der Waals surface area contributed by atoms with Crippen molar-refractivity contribution in [3.63, 3.8) is 0 Å². The quantitative estimate of drug-likeness (QED) is 0.630. The molecular formula is C18H22N2O4S. The lowest BCUT2D eigenvalue weighted by atomic mass is 9.70. The number of carboxylic acids is 1. The van der Waals surface area contributed by atoms with Gasteiger partial charge in [-0.25, -0.2) is 4.79 Å². The van der Waals surface area contributed by atoms with Crippen LogP contribution in [0.5, 0.6) is 0 Å². The van der Waals surface area contributed by atoms with E-state index < -0.39 is 23.5 Å². The van der Waals surface area contributed by atoms with Crippen molar-refractivity contribution in [3.05, 3.63) is 46.5 Å². The highest BCUT2D eigenvalue weighted by Crippen LogP contribution is 2.54. The zero-order valence-electron chi connectivity index (χ0n) is 14.0. The fraction of sp³-hybridized carbons (Fsp3) is 0.444. The average Bonchev–Trinajstić information content (AvgIpc) is 2.82. The number of carbonyl (C=O) groups excluding carboxylic acids is 1. The number of hydrogen-bond acceptors (Lipinski definition) is 5. The largest absolute Gasteiger partial charge is 0.477 e. The normalized spacial score (nSPS) is 26.4. The number of rotatable bonds is 7. The van der Waals surface area contributed by atoms with Crippen LogP contribution in [0.25, 0.3) is 0 Å². The van der Waals surface area contributed by atoms with E-state index in [-0.39, 0.29) is 11.6 Å². The Bertz CT molecular complexity index is 721. The molecule has 0 radical (unpaired) electrons. The summed E-state index contributed by atoms with van der Waals surface area (Å²) in [4.78, 5) is 26.3. The Morgan fingerprint density at radius 3 is 2.72 bits per heavy atom. The van der Waals surface area contributed by atoms with Gasteiger partial charge in [0.05, 0.1) is 17.6 Å². The van der Waals surface area contributed by atoms with Crippen LogP contribution in [-0.2, 0) is 16.0 Å². The molecule has 1 aromatic carbocycles. The smallest absolute Gasteiger partial charge is 0.353 e. The molecule has 134 valence electrons. The zero-order chi connectivity index (χ0) is 18.2. The molecule has 0 saturated carbocycles. The number of β-lactam (4-membered cyclic amide) rings is 1. The minimum atomic E-state index is -1.10. The molecule has 25 heavy (non-hydrogen) atoms. The molecule has 1 aromatic rings. The van der Waals surface area contributed by atoms with Gasteiger partial charge in [0.25, 0.3) is 0 Å². The van der Waals surface area contributed by atoms with Gasteiger partial charge in [0.2, 0.25) is 5.91 Å². The number of aliphatic carboxylic acids is 1. The van der Waals surface area contributed by atoms with Crippen molar-refractivity contribution in [2.75, 3.05) is 12.3 Å². The predicted molar refractivity (Wildman–Crippen MR) is 95.7 cm³/mol. The first-order valence-electron chi connectivity index (χ1n) is 8.25. The molecular weight excluding hydrogens is 340 g/mol. The minimum absolute atomic E-state index is 0.0501. The Balaban J connectivity index is 1.81. The predicted octanol–water partition coefficient (Wildman–Crippen LogP) is 1.20. The number of amides is 1. The van der Waals surface area contributed by atoms with Gasteiger partial charge in [0.1, 0.15) is 5.70 Å². The molecule has 7 heteroatoms. The van der Waals surface area contributed by atoms with Gasteiger partial charge < -0.3 is 15.9 Å². The number of nitrogens with two attached hydrogens (primary N) is 1. The highest BCUT2D eigenvalue weighted by molar-refractivity contribution is 8.03. The summed E-state index contributed by atoms with van der Waals surface area (Å²) in [7, 11) is 0. The standard InChI is InChI=1S/C18H22N2O4S/c1-18-10-13(25-8-7-19)15(17(23)24)20(18)16(22)14(18)12(21)9-11-5-3-2-4-6-11/h2-6,12,14,21H,7-10,19H2,1H3,(H,23,24). The summed E-state index contributed by atoms with van der Waals surface area (Å²) in [6, 6.07) is 9.49. The van der Waals surface area contributed by atoms with Crippen molar-refractivity contribution in [2.45, 2.75) is 31.4 Å². The molecule has 2 aliphatic rings. The summed E-state index contributed by atoms with van der Waals surface area (Å²) in [5, 5.41) is 20.2. The third-order valence-electron chi connectivity index (χ3n) is 4.94. The molecule has 1 saturated heterocycles. The van der Waals surface area contributed by atoms with E-state index in [0.717, 1.165) is 5.56 Å². The van der Waals surface area contributed by atoms with E-state index in [4.69, 9.17) is 5.73 Å². The van der Waals surface area contributed by atoms with Crippen molar-refractivity contribution in [2.24, 2.45) is 11.7 Å². The Labute approximate surface area is 150 Å². The third-order valence-corrected chi connectivity index (χ3v) is 6.07. The summed E-state index contributed by atoms with van der Waals surface area (Å²) in [5.41, 5.74) is 5.84. The van der Waals surface area contributed by atoms with E-state index in [1.54, 1.807) is 0 Å². The van der Waals surface area contributed by atoms with Crippen LogP contribution in [0.3, 0.4) is 0 Å². The number of benzene rings is 1. The first-order chi connectivity index (χ1) is 11.9. The summed E-state index contributed by atoms with van der Waals surface area (Å²) in [6.07, 6.45) is -0.0272. The van der Waals surface area contributed by atoms with Crippen molar-refractivity contribution in [1.82, 2.24) is 4.90 Å². The van der Waals surface area contributed by atoms with Crippen LogP contribution in [0.15, 0.2) is 40.9 Å². The number of aliphatic hydroxyl groups excluding tert-OH is 1. The first kappa shape index (κ1) is 18.0.